The molecule has 0 spiro atoms. The first-order valence-electron chi connectivity index (χ1n) is 5.98. The Kier molecular flexibility index (Phi) is 3.03. The number of halogens is 1. The van der Waals surface area contributed by atoms with Gasteiger partial charge in [-0.25, -0.2) is 4.98 Å². The number of hydrogen-bond acceptors (Lipinski definition) is 2. The van der Waals surface area contributed by atoms with Gasteiger partial charge in [0.05, 0.1) is 18.5 Å². The molecule has 0 aliphatic carbocycles. The third-order valence-electron chi connectivity index (χ3n) is 3.13. The van der Waals surface area contributed by atoms with Crippen LogP contribution in [0.5, 0.6) is 5.75 Å². The molecule has 2 heterocycles. The molecule has 0 unspecified atom stereocenters. The first-order chi connectivity index (χ1) is 9.20. The standard InChI is InChI=1S/C15H13BrN2O/c1-10-14(11-5-7-12(16)8-6-11)18-9-3-4-13(19-2)15(18)17-10/h3-9H,1-2H3. The molecule has 0 saturated carbocycles. The normalized spacial score (nSPS) is 10.9. The number of nitrogens with zero attached hydrogens (tertiary/aromatic N) is 2. The molecular weight excluding hydrogens is 304 g/mol. The summed E-state index contributed by atoms with van der Waals surface area (Å²) in [6, 6.07) is 12.1. The van der Waals surface area contributed by atoms with Gasteiger partial charge in [0.2, 0.25) is 0 Å². The summed E-state index contributed by atoms with van der Waals surface area (Å²) >= 11 is 3.46. The van der Waals surface area contributed by atoms with Gasteiger partial charge < -0.3 is 4.74 Å². The largest absolute Gasteiger partial charge is 0.493 e. The fourth-order valence-electron chi connectivity index (χ4n) is 2.27. The Bertz CT molecular complexity index is 732. The van der Waals surface area contributed by atoms with E-state index in [4.69, 9.17) is 4.74 Å². The minimum atomic E-state index is 0.786. The highest BCUT2D eigenvalue weighted by atomic mass is 79.9. The van der Waals surface area contributed by atoms with Crippen LogP contribution in [-0.4, -0.2) is 16.5 Å². The number of imidazole rings is 1. The van der Waals surface area contributed by atoms with E-state index in [-0.39, 0.29) is 0 Å². The Morgan fingerprint density at radius 2 is 1.89 bits per heavy atom. The Hall–Kier alpha value is -1.81. The maximum absolute atomic E-state index is 5.36. The molecule has 0 radical (unpaired) electrons. The average Bonchev–Trinajstić information content (AvgIpc) is 2.76. The van der Waals surface area contributed by atoms with E-state index in [0.29, 0.717) is 0 Å². The first kappa shape index (κ1) is 12.2. The molecule has 0 saturated heterocycles. The van der Waals surface area contributed by atoms with Crippen LogP contribution in [0.15, 0.2) is 47.1 Å². The van der Waals surface area contributed by atoms with Crippen LogP contribution in [-0.2, 0) is 0 Å². The van der Waals surface area contributed by atoms with Crippen molar-refractivity contribution in [2.75, 3.05) is 7.11 Å². The van der Waals surface area contributed by atoms with Gasteiger partial charge >= 0.3 is 0 Å². The molecule has 0 N–H and O–H groups in total. The molecule has 0 aliphatic heterocycles. The van der Waals surface area contributed by atoms with Gasteiger partial charge in [-0.15, -0.1) is 0 Å². The molecule has 1 aromatic carbocycles. The lowest BCUT2D eigenvalue weighted by Gasteiger charge is -2.05. The molecule has 0 atom stereocenters. The zero-order valence-electron chi connectivity index (χ0n) is 10.7. The second-order valence-corrected chi connectivity index (χ2v) is 5.24. The summed E-state index contributed by atoms with van der Waals surface area (Å²) in [4.78, 5) is 4.61. The second kappa shape index (κ2) is 4.70. The van der Waals surface area contributed by atoms with Crippen molar-refractivity contribution in [2.24, 2.45) is 0 Å². The molecule has 2 aromatic heterocycles. The minimum Gasteiger partial charge on any atom is -0.493 e. The van der Waals surface area contributed by atoms with Crippen LogP contribution in [0.25, 0.3) is 16.9 Å². The number of aryl methyl sites for hydroxylation is 1. The number of pyridine rings is 1. The van der Waals surface area contributed by atoms with Crippen LogP contribution in [0.4, 0.5) is 0 Å². The van der Waals surface area contributed by atoms with Gasteiger partial charge in [0.1, 0.15) is 0 Å². The van der Waals surface area contributed by atoms with E-state index in [1.54, 1.807) is 7.11 Å². The maximum atomic E-state index is 5.36. The summed E-state index contributed by atoms with van der Waals surface area (Å²) in [5.74, 6) is 0.786. The number of rotatable bonds is 2. The van der Waals surface area contributed by atoms with Gasteiger partial charge in [-0.3, -0.25) is 4.40 Å². The topological polar surface area (TPSA) is 26.5 Å². The third kappa shape index (κ3) is 2.02. The number of hydrogen-bond donors (Lipinski definition) is 0. The molecule has 3 nitrogen and oxygen atoms in total. The predicted molar refractivity (Wildman–Crippen MR) is 79.6 cm³/mol. The van der Waals surface area contributed by atoms with E-state index in [9.17, 15) is 0 Å². The van der Waals surface area contributed by atoms with E-state index in [1.165, 1.54) is 0 Å². The number of aromatic nitrogens is 2. The monoisotopic (exact) mass is 316 g/mol. The highest BCUT2D eigenvalue weighted by Gasteiger charge is 2.13. The lowest BCUT2D eigenvalue weighted by atomic mass is 10.1. The van der Waals surface area contributed by atoms with E-state index >= 15 is 0 Å². The van der Waals surface area contributed by atoms with Crippen LogP contribution in [0.2, 0.25) is 0 Å². The number of ether oxygens (including phenoxy) is 1. The average molecular weight is 317 g/mol. The highest BCUT2D eigenvalue weighted by molar-refractivity contribution is 9.10. The Balaban J connectivity index is 2.29. The minimum absolute atomic E-state index is 0.786. The van der Waals surface area contributed by atoms with Crippen molar-refractivity contribution in [1.82, 2.24) is 9.38 Å². The van der Waals surface area contributed by atoms with Crippen molar-refractivity contribution >= 4 is 21.6 Å². The zero-order valence-corrected chi connectivity index (χ0v) is 12.3. The molecule has 0 amide bonds. The van der Waals surface area contributed by atoms with Crippen molar-refractivity contribution in [3.8, 4) is 17.0 Å². The van der Waals surface area contributed by atoms with Gasteiger partial charge in [0.25, 0.3) is 0 Å². The summed E-state index contributed by atoms with van der Waals surface area (Å²) in [7, 11) is 1.67. The summed E-state index contributed by atoms with van der Waals surface area (Å²) in [6.07, 6.45) is 2.01. The molecule has 4 heteroatoms. The lowest BCUT2D eigenvalue weighted by Crippen LogP contribution is -1.91. The van der Waals surface area contributed by atoms with E-state index in [1.807, 2.05) is 37.4 Å². The van der Waals surface area contributed by atoms with Crippen LogP contribution < -0.4 is 4.74 Å². The van der Waals surface area contributed by atoms with Crippen molar-refractivity contribution in [2.45, 2.75) is 6.92 Å². The van der Waals surface area contributed by atoms with Crippen LogP contribution in [0.3, 0.4) is 0 Å². The lowest BCUT2D eigenvalue weighted by molar-refractivity contribution is 0.417. The van der Waals surface area contributed by atoms with Crippen molar-refractivity contribution in [3.63, 3.8) is 0 Å². The summed E-state index contributed by atoms with van der Waals surface area (Å²) < 4.78 is 8.50. The summed E-state index contributed by atoms with van der Waals surface area (Å²) in [6.45, 7) is 2.02. The molecule has 96 valence electrons. The van der Waals surface area contributed by atoms with Crippen molar-refractivity contribution in [3.05, 3.63) is 52.8 Å². The third-order valence-corrected chi connectivity index (χ3v) is 3.65. The Labute approximate surface area is 120 Å². The number of methoxy groups -OCH3 is 1. The number of fused-ring (bicyclic) bond motifs is 1. The highest BCUT2D eigenvalue weighted by Crippen LogP contribution is 2.29. The van der Waals surface area contributed by atoms with Gasteiger partial charge in [-0.2, -0.15) is 0 Å². The molecule has 0 aliphatic rings. The van der Waals surface area contributed by atoms with Gasteiger partial charge in [-0.05, 0) is 31.2 Å². The first-order valence-corrected chi connectivity index (χ1v) is 6.77. The van der Waals surface area contributed by atoms with Gasteiger partial charge in [0, 0.05) is 16.2 Å². The quantitative estimate of drug-likeness (QED) is 0.712. The van der Waals surface area contributed by atoms with E-state index in [2.05, 4.69) is 37.4 Å². The molecule has 0 fully saturated rings. The van der Waals surface area contributed by atoms with Crippen molar-refractivity contribution < 1.29 is 4.74 Å². The number of benzene rings is 1. The molecule has 0 bridgehead atoms. The van der Waals surface area contributed by atoms with Gasteiger partial charge in [0.15, 0.2) is 11.4 Å². The van der Waals surface area contributed by atoms with Crippen LogP contribution in [0, 0.1) is 6.92 Å². The van der Waals surface area contributed by atoms with Crippen molar-refractivity contribution in [1.29, 1.82) is 0 Å². The molecule has 3 aromatic rings. The van der Waals surface area contributed by atoms with Gasteiger partial charge in [-0.1, -0.05) is 28.1 Å². The van der Waals surface area contributed by atoms with E-state index in [0.717, 1.165) is 32.8 Å². The molecular formula is C15H13BrN2O. The SMILES string of the molecule is COc1cccn2c(-c3ccc(Br)cc3)c(C)nc12. The van der Waals surface area contributed by atoms with Crippen LogP contribution in [0.1, 0.15) is 5.69 Å². The summed E-state index contributed by atoms with van der Waals surface area (Å²) in [5, 5.41) is 0. The fourth-order valence-corrected chi connectivity index (χ4v) is 2.54. The summed E-state index contributed by atoms with van der Waals surface area (Å²) in [5.41, 5.74) is 4.08. The zero-order chi connectivity index (χ0) is 13.4. The smallest absolute Gasteiger partial charge is 0.180 e. The Morgan fingerprint density at radius 3 is 2.58 bits per heavy atom. The molecule has 3 rings (SSSR count). The fraction of sp³-hybridized carbons (Fsp3) is 0.133. The Morgan fingerprint density at radius 1 is 1.16 bits per heavy atom. The van der Waals surface area contributed by atoms with E-state index < -0.39 is 0 Å². The predicted octanol–water partition coefficient (Wildman–Crippen LogP) is 4.08. The maximum Gasteiger partial charge on any atom is 0.180 e. The second-order valence-electron chi connectivity index (χ2n) is 4.32. The van der Waals surface area contributed by atoms with Crippen LogP contribution >= 0.6 is 15.9 Å². The molecule has 19 heavy (non-hydrogen) atoms.